The second-order valence-corrected chi connectivity index (χ2v) is 4.77. The van der Waals surface area contributed by atoms with Crippen LogP contribution in [0.3, 0.4) is 0 Å². The van der Waals surface area contributed by atoms with Gasteiger partial charge >= 0.3 is 0 Å². The highest BCUT2D eigenvalue weighted by Gasteiger charge is 2.13. The molecule has 0 N–H and O–H groups in total. The zero-order valence-electron chi connectivity index (χ0n) is 11.6. The van der Waals surface area contributed by atoms with Crippen LogP contribution in [0.25, 0.3) is 6.08 Å². The number of carbonyl (C=O) groups excluding carboxylic acids is 1. The molecule has 0 atom stereocenters. The van der Waals surface area contributed by atoms with Crippen molar-refractivity contribution < 1.29 is 14.3 Å². The monoisotopic (exact) mass is 260 g/mol. The number of hydrogen-bond acceptors (Lipinski definition) is 3. The van der Waals surface area contributed by atoms with Crippen LogP contribution in [0.4, 0.5) is 0 Å². The van der Waals surface area contributed by atoms with Crippen LogP contribution in [0.5, 0.6) is 11.5 Å². The average Bonchev–Trinajstić information content (AvgIpc) is 2.64. The zero-order chi connectivity index (χ0) is 13.7. The molecular weight excluding hydrogens is 240 g/mol. The molecule has 0 bridgehead atoms. The molecule has 1 aliphatic rings. The third-order valence-electron chi connectivity index (χ3n) is 3.46. The van der Waals surface area contributed by atoms with E-state index >= 15 is 0 Å². The van der Waals surface area contributed by atoms with E-state index in [1.165, 1.54) is 0 Å². The van der Waals surface area contributed by atoms with Gasteiger partial charge in [0, 0.05) is 6.42 Å². The number of ether oxygens (including phenoxy) is 2. The van der Waals surface area contributed by atoms with Gasteiger partial charge in [-0.1, -0.05) is 12.5 Å². The van der Waals surface area contributed by atoms with Gasteiger partial charge < -0.3 is 9.47 Å². The van der Waals surface area contributed by atoms with E-state index < -0.39 is 0 Å². The molecule has 102 valence electrons. The first-order chi connectivity index (χ1) is 9.24. The molecule has 0 aliphatic heterocycles. The number of ketones is 1. The van der Waals surface area contributed by atoms with Gasteiger partial charge in [-0.3, -0.25) is 4.79 Å². The Kier molecular flexibility index (Phi) is 4.61. The van der Waals surface area contributed by atoms with Crippen LogP contribution >= 0.6 is 0 Å². The van der Waals surface area contributed by atoms with Crippen molar-refractivity contribution in [1.29, 1.82) is 0 Å². The summed E-state index contributed by atoms with van der Waals surface area (Å²) in [5.41, 5.74) is 1.92. The van der Waals surface area contributed by atoms with Crippen molar-refractivity contribution in [2.75, 3.05) is 14.2 Å². The number of allylic oxidation sites excluding steroid dienone is 1. The van der Waals surface area contributed by atoms with Crippen molar-refractivity contribution in [3.8, 4) is 11.5 Å². The fourth-order valence-electron chi connectivity index (χ4n) is 2.37. The van der Waals surface area contributed by atoms with Crippen LogP contribution in [-0.4, -0.2) is 20.0 Å². The first kappa shape index (κ1) is 13.7. The molecule has 0 aromatic heterocycles. The molecule has 19 heavy (non-hydrogen) atoms. The Morgan fingerprint density at radius 2 is 1.74 bits per heavy atom. The maximum Gasteiger partial charge on any atom is 0.161 e. The third-order valence-corrected chi connectivity index (χ3v) is 3.46. The molecule has 0 saturated heterocycles. The minimum absolute atomic E-state index is 0.285. The summed E-state index contributed by atoms with van der Waals surface area (Å²) in [7, 11) is 3.23. The predicted octanol–water partition coefficient (Wildman–Crippen LogP) is 3.62. The quantitative estimate of drug-likeness (QED) is 0.615. The second kappa shape index (κ2) is 6.41. The largest absolute Gasteiger partial charge is 0.493 e. The molecule has 1 aromatic carbocycles. The van der Waals surface area contributed by atoms with Gasteiger partial charge in [-0.15, -0.1) is 0 Å². The van der Waals surface area contributed by atoms with Crippen LogP contribution in [0.1, 0.15) is 37.7 Å². The van der Waals surface area contributed by atoms with Crippen LogP contribution in [0, 0.1) is 0 Å². The van der Waals surface area contributed by atoms with Crippen molar-refractivity contribution in [2.45, 2.75) is 32.1 Å². The summed E-state index contributed by atoms with van der Waals surface area (Å²) >= 11 is 0. The van der Waals surface area contributed by atoms with E-state index in [4.69, 9.17) is 9.47 Å². The van der Waals surface area contributed by atoms with Gasteiger partial charge in [0.2, 0.25) is 0 Å². The molecule has 2 rings (SSSR count). The summed E-state index contributed by atoms with van der Waals surface area (Å²) < 4.78 is 10.5. The lowest BCUT2D eigenvalue weighted by molar-refractivity contribution is -0.115. The number of Topliss-reactive ketones (excluding diaryl/α,β-unsaturated/α-hetero) is 1. The zero-order valence-corrected chi connectivity index (χ0v) is 11.6. The topological polar surface area (TPSA) is 35.5 Å². The van der Waals surface area contributed by atoms with E-state index in [2.05, 4.69) is 0 Å². The van der Waals surface area contributed by atoms with E-state index in [0.717, 1.165) is 36.8 Å². The maximum absolute atomic E-state index is 12.0. The summed E-state index contributed by atoms with van der Waals surface area (Å²) in [5, 5.41) is 0. The fraction of sp³-hybridized carbons (Fsp3) is 0.438. The lowest BCUT2D eigenvalue weighted by atomic mass is 10.0. The molecule has 1 fully saturated rings. The highest BCUT2D eigenvalue weighted by atomic mass is 16.5. The van der Waals surface area contributed by atoms with Crippen molar-refractivity contribution >= 4 is 11.9 Å². The van der Waals surface area contributed by atoms with E-state index in [1.54, 1.807) is 14.2 Å². The summed E-state index contributed by atoms with van der Waals surface area (Å²) in [5.74, 6) is 1.68. The summed E-state index contributed by atoms with van der Waals surface area (Å²) in [4.78, 5) is 12.0. The van der Waals surface area contributed by atoms with Gasteiger partial charge in [-0.25, -0.2) is 0 Å². The van der Waals surface area contributed by atoms with E-state index in [1.807, 2.05) is 24.3 Å². The van der Waals surface area contributed by atoms with Crippen molar-refractivity contribution in [3.63, 3.8) is 0 Å². The summed E-state index contributed by atoms with van der Waals surface area (Å²) in [6.07, 6.45) is 6.81. The molecule has 0 heterocycles. The Balaban J connectivity index is 2.28. The van der Waals surface area contributed by atoms with Crippen molar-refractivity contribution in [3.05, 3.63) is 29.3 Å². The van der Waals surface area contributed by atoms with E-state index in [0.29, 0.717) is 17.9 Å². The van der Waals surface area contributed by atoms with Crippen molar-refractivity contribution in [2.24, 2.45) is 0 Å². The predicted molar refractivity (Wildman–Crippen MR) is 75.6 cm³/mol. The van der Waals surface area contributed by atoms with Crippen LogP contribution in [0.15, 0.2) is 23.8 Å². The third kappa shape index (κ3) is 3.37. The standard InChI is InChI=1S/C16H20O3/c1-18-15-9-8-12(11-16(15)19-2)10-13-6-4-3-5-7-14(13)17/h8-11H,3-7H2,1-2H3/b13-10+. The van der Waals surface area contributed by atoms with E-state index in [9.17, 15) is 4.79 Å². The molecule has 0 amide bonds. The van der Waals surface area contributed by atoms with Gasteiger partial charge in [-0.2, -0.15) is 0 Å². The normalized spacial score (nSPS) is 18.2. The Morgan fingerprint density at radius 3 is 2.47 bits per heavy atom. The van der Waals surface area contributed by atoms with Gasteiger partial charge in [0.1, 0.15) is 0 Å². The smallest absolute Gasteiger partial charge is 0.161 e. The summed E-state index contributed by atoms with van der Waals surface area (Å²) in [6.45, 7) is 0. The first-order valence-electron chi connectivity index (χ1n) is 6.70. The van der Waals surface area contributed by atoms with Crippen LogP contribution in [0.2, 0.25) is 0 Å². The highest BCUT2D eigenvalue weighted by molar-refractivity contribution is 5.99. The fourth-order valence-corrected chi connectivity index (χ4v) is 2.37. The van der Waals surface area contributed by atoms with Crippen LogP contribution < -0.4 is 9.47 Å². The molecule has 0 radical (unpaired) electrons. The molecule has 0 unspecified atom stereocenters. The number of benzene rings is 1. The molecule has 1 aromatic rings. The molecule has 1 aliphatic carbocycles. The number of rotatable bonds is 3. The SMILES string of the molecule is COc1ccc(/C=C2\CCCCCC2=O)cc1OC. The van der Waals surface area contributed by atoms with Crippen molar-refractivity contribution in [1.82, 2.24) is 0 Å². The van der Waals surface area contributed by atoms with Gasteiger partial charge in [-0.05, 0) is 48.6 Å². The molecule has 1 saturated carbocycles. The molecule has 3 nitrogen and oxygen atoms in total. The Hall–Kier alpha value is -1.77. The summed E-state index contributed by atoms with van der Waals surface area (Å²) in [6, 6.07) is 5.73. The number of hydrogen-bond donors (Lipinski definition) is 0. The first-order valence-corrected chi connectivity index (χ1v) is 6.70. The Labute approximate surface area is 114 Å². The highest BCUT2D eigenvalue weighted by Crippen LogP contribution is 2.29. The Morgan fingerprint density at radius 1 is 1.00 bits per heavy atom. The second-order valence-electron chi connectivity index (χ2n) is 4.77. The molecule has 3 heteroatoms. The van der Waals surface area contributed by atoms with Gasteiger partial charge in [0.15, 0.2) is 17.3 Å². The van der Waals surface area contributed by atoms with E-state index in [-0.39, 0.29) is 5.78 Å². The average molecular weight is 260 g/mol. The number of methoxy groups -OCH3 is 2. The number of carbonyl (C=O) groups is 1. The molecular formula is C16H20O3. The molecule has 0 spiro atoms. The van der Waals surface area contributed by atoms with Gasteiger partial charge in [0.25, 0.3) is 0 Å². The van der Waals surface area contributed by atoms with Crippen LogP contribution in [-0.2, 0) is 4.79 Å². The minimum atomic E-state index is 0.285. The van der Waals surface area contributed by atoms with Gasteiger partial charge in [0.05, 0.1) is 14.2 Å². The maximum atomic E-state index is 12.0. The minimum Gasteiger partial charge on any atom is -0.493 e. The lowest BCUT2D eigenvalue weighted by Crippen LogP contribution is -1.99. The Bertz CT molecular complexity index is 489. The lowest BCUT2D eigenvalue weighted by Gasteiger charge is -2.08.